The molecule has 3 aromatic carbocycles. The first kappa shape index (κ1) is 20.5. The van der Waals surface area contributed by atoms with Crippen molar-refractivity contribution in [2.75, 3.05) is 14.2 Å². The van der Waals surface area contributed by atoms with Gasteiger partial charge in [0.15, 0.2) is 0 Å². The fraction of sp³-hybridized carbons (Fsp3) is 0.154. The third kappa shape index (κ3) is 3.00. The minimum atomic E-state index is -3.00. The third-order valence-electron chi connectivity index (χ3n) is 6.32. The summed E-state index contributed by atoms with van der Waals surface area (Å²) in [5.41, 5.74) is 1.17. The van der Waals surface area contributed by atoms with Gasteiger partial charge in [0.05, 0.1) is 0 Å². The van der Waals surface area contributed by atoms with Crippen molar-refractivity contribution in [2.24, 2.45) is 0 Å². The van der Waals surface area contributed by atoms with Crippen molar-refractivity contribution in [3.05, 3.63) is 103 Å². The molecule has 4 aromatic rings. The van der Waals surface area contributed by atoms with Gasteiger partial charge in [-0.15, -0.1) is 0 Å². The van der Waals surface area contributed by atoms with E-state index in [9.17, 15) is 0 Å². The van der Waals surface area contributed by atoms with Gasteiger partial charge in [-0.1, -0.05) is 0 Å². The maximum absolute atomic E-state index is 7.45. The average Bonchev–Trinajstić information content (AvgIpc) is 3.19. The number of benzene rings is 3. The van der Waals surface area contributed by atoms with Gasteiger partial charge in [0.25, 0.3) is 0 Å². The van der Waals surface area contributed by atoms with E-state index in [0.29, 0.717) is 0 Å². The second-order valence-corrected chi connectivity index (χ2v) is 12.3. The monoisotopic (exact) mass is 449 g/mol. The minimum absolute atomic E-state index is 0.205. The zero-order valence-corrected chi connectivity index (χ0v) is 19.3. The van der Waals surface area contributed by atoms with Crippen LogP contribution in [0.1, 0.15) is 0 Å². The molecule has 0 saturated carbocycles. The van der Waals surface area contributed by atoms with Crippen LogP contribution in [0.15, 0.2) is 103 Å². The number of nitrogens with zero attached hydrogens (tertiary/aromatic N) is 1. The van der Waals surface area contributed by atoms with Crippen LogP contribution in [0.5, 0.6) is 0 Å². The van der Waals surface area contributed by atoms with Gasteiger partial charge in [-0.3, -0.25) is 0 Å². The van der Waals surface area contributed by atoms with Crippen molar-refractivity contribution in [2.45, 2.75) is 11.4 Å². The summed E-state index contributed by atoms with van der Waals surface area (Å²) >= 11 is 7.45. The first-order chi connectivity index (χ1) is 15.2. The van der Waals surface area contributed by atoms with Gasteiger partial charge in [0, 0.05) is 0 Å². The van der Waals surface area contributed by atoms with Crippen LogP contribution >= 0.6 is 18.1 Å². The van der Waals surface area contributed by atoms with E-state index in [1.165, 1.54) is 10.8 Å². The van der Waals surface area contributed by atoms with Crippen LogP contribution in [-0.4, -0.2) is 24.4 Å². The molecule has 0 amide bonds. The number of methoxy groups -OCH3 is 1. The topological polar surface area (TPSA) is 23.4 Å². The van der Waals surface area contributed by atoms with Crippen LogP contribution in [-0.2, 0) is 15.0 Å². The molecule has 0 fully saturated rings. The molecule has 5 heteroatoms. The summed E-state index contributed by atoms with van der Waals surface area (Å²) in [7, 11) is 3.47. The van der Waals surface area contributed by atoms with E-state index in [2.05, 4.69) is 77.4 Å². The number of rotatable bonds is 5. The van der Waals surface area contributed by atoms with Crippen LogP contribution in [0.25, 0.3) is 21.8 Å². The summed E-state index contributed by atoms with van der Waals surface area (Å²) in [5, 5.41) is 3.40. The molecular weight excluding hydrogens is 425 g/mol. The molecule has 1 aliphatic rings. The van der Waals surface area contributed by atoms with E-state index in [4.69, 9.17) is 20.5 Å². The van der Waals surface area contributed by atoms with E-state index >= 15 is 0 Å². The van der Waals surface area contributed by atoms with E-state index in [1.807, 2.05) is 30.4 Å². The first-order valence-electron chi connectivity index (χ1n) is 10.3. The molecule has 2 atom stereocenters. The number of aromatic nitrogens is 1. The Hall–Kier alpha value is -2.42. The number of fused-ring (bicyclic) bond motifs is 3. The van der Waals surface area contributed by atoms with Gasteiger partial charge in [0.1, 0.15) is 0 Å². The standard InChI is InChI=1S/C26H25ClNO2P/c1-29-26(28-23-16-8-6-14-21(23)22-15-7-9-17-24(22)28)19-11-10-18-25(26)31(27,30-2)20-12-4-3-5-13-20/h3-19,25,31H,1-2H3. The van der Waals surface area contributed by atoms with Crippen molar-refractivity contribution >= 4 is 45.2 Å². The Morgan fingerprint density at radius 2 is 1.39 bits per heavy atom. The van der Waals surface area contributed by atoms with Crippen molar-refractivity contribution in [1.82, 2.24) is 4.57 Å². The molecule has 0 saturated heterocycles. The Balaban J connectivity index is 1.84. The van der Waals surface area contributed by atoms with Gasteiger partial charge in [-0.05, 0) is 0 Å². The molecule has 1 aliphatic carbocycles. The molecule has 2 unspecified atom stereocenters. The maximum atomic E-state index is 7.45. The Labute approximate surface area is 187 Å². The first-order valence-corrected chi connectivity index (χ1v) is 13.3. The van der Waals surface area contributed by atoms with Gasteiger partial charge < -0.3 is 0 Å². The molecule has 0 radical (unpaired) electrons. The summed E-state index contributed by atoms with van der Waals surface area (Å²) in [4.78, 5) is 0. The van der Waals surface area contributed by atoms with Crippen LogP contribution < -0.4 is 5.30 Å². The fourth-order valence-electron chi connectivity index (χ4n) is 4.89. The molecule has 1 heterocycles. The predicted octanol–water partition coefficient (Wildman–Crippen LogP) is 6.38. The summed E-state index contributed by atoms with van der Waals surface area (Å²) in [6, 6.07) is 27.0. The molecule has 0 aliphatic heterocycles. The van der Waals surface area contributed by atoms with Crippen LogP contribution in [0.4, 0.5) is 0 Å². The number of para-hydroxylation sites is 2. The SMILES string of the molecule is COC1(n2c3ccccc3c3ccccc32)C=CC=CC1[PH](Cl)(OC)c1ccccc1. The molecule has 3 nitrogen and oxygen atoms in total. The quantitative estimate of drug-likeness (QED) is 0.330. The van der Waals surface area contributed by atoms with Gasteiger partial charge in [0.2, 0.25) is 0 Å². The molecule has 1 aromatic heterocycles. The zero-order valence-electron chi connectivity index (χ0n) is 17.5. The van der Waals surface area contributed by atoms with E-state index in [-0.39, 0.29) is 5.66 Å². The molecule has 0 spiro atoms. The van der Waals surface area contributed by atoms with Gasteiger partial charge in [-0.2, -0.15) is 0 Å². The number of hydrogen-bond donors (Lipinski definition) is 0. The number of hydrogen-bond acceptors (Lipinski definition) is 2. The van der Waals surface area contributed by atoms with Crippen molar-refractivity contribution in [3.8, 4) is 0 Å². The van der Waals surface area contributed by atoms with Gasteiger partial charge in [-0.25, -0.2) is 0 Å². The number of allylic oxidation sites excluding steroid dienone is 2. The number of ether oxygens (including phenoxy) is 1. The Kier molecular flexibility index (Phi) is 5.24. The van der Waals surface area contributed by atoms with Gasteiger partial charge >= 0.3 is 188 Å². The van der Waals surface area contributed by atoms with E-state index in [1.54, 1.807) is 14.2 Å². The summed E-state index contributed by atoms with van der Waals surface area (Å²) in [5.74, 6) is 0. The molecule has 158 valence electrons. The molecule has 0 N–H and O–H groups in total. The van der Waals surface area contributed by atoms with Crippen molar-refractivity contribution in [1.29, 1.82) is 0 Å². The zero-order chi connectivity index (χ0) is 21.5. The molecule has 31 heavy (non-hydrogen) atoms. The van der Waals surface area contributed by atoms with Crippen molar-refractivity contribution in [3.63, 3.8) is 0 Å². The predicted molar refractivity (Wildman–Crippen MR) is 134 cm³/mol. The summed E-state index contributed by atoms with van der Waals surface area (Å²) in [6.07, 6.45) is 8.34. The second-order valence-electron chi connectivity index (χ2n) is 7.76. The Morgan fingerprint density at radius 1 is 0.806 bits per heavy atom. The van der Waals surface area contributed by atoms with Crippen LogP contribution in [0.2, 0.25) is 0 Å². The third-order valence-corrected chi connectivity index (χ3v) is 11.3. The van der Waals surface area contributed by atoms with Crippen LogP contribution in [0, 0.1) is 0 Å². The second kappa shape index (κ2) is 7.93. The van der Waals surface area contributed by atoms with Crippen LogP contribution in [0.3, 0.4) is 0 Å². The average molecular weight is 450 g/mol. The molecular formula is C26H25ClNO2P. The molecule has 5 rings (SSSR count). The Morgan fingerprint density at radius 3 is 1.97 bits per heavy atom. The summed E-state index contributed by atoms with van der Waals surface area (Å²) < 4.78 is 14.9. The fourth-order valence-corrected chi connectivity index (χ4v) is 8.68. The molecule has 0 bridgehead atoms. The normalized spacial score (nSPS) is 21.7. The number of halogens is 1. The van der Waals surface area contributed by atoms with Crippen molar-refractivity contribution < 1.29 is 9.26 Å². The summed E-state index contributed by atoms with van der Waals surface area (Å²) in [6.45, 7) is -3.00. The van der Waals surface area contributed by atoms with E-state index in [0.717, 1.165) is 16.3 Å². The Bertz CT molecular complexity index is 1250. The van der Waals surface area contributed by atoms with E-state index < -0.39 is 12.6 Å².